The minimum absolute atomic E-state index is 0.0100. The maximum atomic E-state index is 13.0. The second-order valence-electron chi connectivity index (χ2n) is 9.03. The molecule has 4 rings (SSSR count). The molecule has 1 N–H and O–H groups in total. The number of carbonyl (C=O) groups excluding carboxylic acids is 1. The van der Waals surface area contributed by atoms with Crippen LogP contribution < -0.4 is 5.32 Å². The number of aromatic nitrogens is 2. The molecule has 11 heteroatoms. The number of rotatable bonds is 8. The van der Waals surface area contributed by atoms with Crippen molar-refractivity contribution in [3.05, 3.63) is 59.4 Å². The maximum absolute atomic E-state index is 13.0. The SMILES string of the molecule is COC(=O)[C@@H](Nc1nc(CN2CCN(S(=O)(=O)c3cccc(Cl)c3)CC2)nc2ccccc12)C(C)C. The summed E-state index contributed by atoms with van der Waals surface area (Å²) >= 11 is 6.00. The van der Waals surface area contributed by atoms with Gasteiger partial charge in [0.15, 0.2) is 0 Å². The van der Waals surface area contributed by atoms with Gasteiger partial charge < -0.3 is 10.1 Å². The fourth-order valence-corrected chi connectivity index (χ4v) is 5.91. The molecule has 192 valence electrons. The zero-order valence-electron chi connectivity index (χ0n) is 20.5. The number of benzene rings is 2. The van der Waals surface area contributed by atoms with E-state index in [2.05, 4.69) is 10.2 Å². The molecular formula is C25H30ClN5O4S. The normalized spacial score (nSPS) is 16.2. The number of carbonyl (C=O) groups is 1. The van der Waals surface area contributed by atoms with E-state index >= 15 is 0 Å². The second kappa shape index (κ2) is 11.1. The van der Waals surface area contributed by atoms with Crippen molar-refractivity contribution in [1.82, 2.24) is 19.2 Å². The monoisotopic (exact) mass is 531 g/mol. The molecule has 0 saturated carbocycles. The van der Waals surface area contributed by atoms with Crippen molar-refractivity contribution in [2.75, 3.05) is 38.6 Å². The number of anilines is 1. The highest BCUT2D eigenvalue weighted by Gasteiger charge is 2.29. The molecule has 0 bridgehead atoms. The van der Waals surface area contributed by atoms with Crippen LogP contribution in [0.2, 0.25) is 5.02 Å². The van der Waals surface area contributed by atoms with Gasteiger partial charge in [0.1, 0.15) is 17.7 Å². The molecule has 1 aromatic heterocycles. The number of esters is 1. The van der Waals surface area contributed by atoms with Gasteiger partial charge in [0.05, 0.1) is 24.1 Å². The summed E-state index contributed by atoms with van der Waals surface area (Å²) in [5.41, 5.74) is 0.763. The van der Waals surface area contributed by atoms with Crippen LogP contribution in [0.15, 0.2) is 53.4 Å². The van der Waals surface area contributed by atoms with Gasteiger partial charge in [0, 0.05) is 36.6 Å². The third kappa shape index (κ3) is 5.78. The molecule has 36 heavy (non-hydrogen) atoms. The summed E-state index contributed by atoms with van der Waals surface area (Å²) in [5.74, 6) is 0.798. The molecule has 1 aliphatic rings. The number of nitrogens with zero attached hydrogens (tertiary/aromatic N) is 4. The number of fused-ring (bicyclic) bond motifs is 1. The molecule has 0 aliphatic carbocycles. The molecule has 0 unspecified atom stereocenters. The van der Waals surface area contributed by atoms with E-state index in [4.69, 9.17) is 26.3 Å². The topological polar surface area (TPSA) is 105 Å². The number of sulfonamides is 1. The fourth-order valence-electron chi connectivity index (χ4n) is 4.18. The third-order valence-electron chi connectivity index (χ3n) is 6.19. The van der Waals surface area contributed by atoms with Gasteiger partial charge in [-0.25, -0.2) is 23.2 Å². The lowest BCUT2D eigenvalue weighted by molar-refractivity contribution is -0.142. The highest BCUT2D eigenvalue weighted by Crippen LogP contribution is 2.24. The first-order valence-corrected chi connectivity index (χ1v) is 13.6. The van der Waals surface area contributed by atoms with Gasteiger partial charge in [0.25, 0.3) is 0 Å². The highest BCUT2D eigenvalue weighted by molar-refractivity contribution is 7.89. The molecule has 1 aliphatic heterocycles. The van der Waals surface area contributed by atoms with Gasteiger partial charge in [-0.05, 0) is 36.2 Å². The molecule has 2 aromatic carbocycles. The van der Waals surface area contributed by atoms with E-state index in [9.17, 15) is 13.2 Å². The molecule has 1 atom stereocenters. The largest absolute Gasteiger partial charge is 0.467 e. The smallest absolute Gasteiger partial charge is 0.328 e. The minimum Gasteiger partial charge on any atom is -0.467 e. The standard InChI is InChI=1S/C25H30ClN5O4S/c1-17(2)23(25(32)35-3)29-24-20-9-4-5-10-21(20)27-22(28-24)16-30-11-13-31(14-12-30)36(33,34)19-8-6-7-18(26)15-19/h4-10,15,17,23H,11-14,16H2,1-3H3,(H,27,28,29)/t23-/m0/s1. The van der Waals surface area contributed by atoms with Gasteiger partial charge in [-0.1, -0.05) is 43.6 Å². The summed E-state index contributed by atoms with van der Waals surface area (Å²) in [6, 6.07) is 13.4. The van der Waals surface area contributed by atoms with Crippen molar-refractivity contribution in [1.29, 1.82) is 0 Å². The Bertz CT molecular complexity index is 1340. The van der Waals surface area contributed by atoms with Crippen LogP contribution in [0.5, 0.6) is 0 Å². The van der Waals surface area contributed by atoms with E-state index in [0.29, 0.717) is 49.4 Å². The lowest BCUT2D eigenvalue weighted by atomic mass is 10.0. The number of hydrogen-bond acceptors (Lipinski definition) is 8. The number of piperazine rings is 1. The Labute approximate surface area is 216 Å². The van der Waals surface area contributed by atoms with Crippen LogP contribution in [0, 0.1) is 5.92 Å². The molecular weight excluding hydrogens is 502 g/mol. The molecule has 1 saturated heterocycles. The Balaban J connectivity index is 1.51. The average Bonchev–Trinajstić information content (AvgIpc) is 2.87. The molecule has 0 spiro atoms. The summed E-state index contributed by atoms with van der Waals surface area (Å²) in [5, 5.41) is 4.46. The number of ether oxygens (including phenoxy) is 1. The number of hydrogen-bond donors (Lipinski definition) is 1. The lowest BCUT2D eigenvalue weighted by Crippen LogP contribution is -2.48. The van der Waals surface area contributed by atoms with E-state index in [0.717, 1.165) is 10.9 Å². The van der Waals surface area contributed by atoms with E-state index in [1.165, 1.54) is 17.5 Å². The van der Waals surface area contributed by atoms with Gasteiger partial charge in [-0.2, -0.15) is 4.31 Å². The van der Waals surface area contributed by atoms with Gasteiger partial charge in [-0.15, -0.1) is 0 Å². The Hall–Kier alpha value is -2.79. The van der Waals surface area contributed by atoms with Crippen molar-refractivity contribution < 1.29 is 17.9 Å². The third-order valence-corrected chi connectivity index (χ3v) is 8.32. The van der Waals surface area contributed by atoms with Crippen LogP contribution in [0.25, 0.3) is 10.9 Å². The van der Waals surface area contributed by atoms with Crippen molar-refractivity contribution in [2.24, 2.45) is 5.92 Å². The van der Waals surface area contributed by atoms with Crippen LogP contribution >= 0.6 is 11.6 Å². The van der Waals surface area contributed by atoms with Gasteiger partial charge in [-0.3, -0.25) is 4.90 Å². The molecule has 1 fully saturated rings. The van der Waals surface area contributed by atoms with E-state index in [-0.39, 0.29) is 16.8 Å². The molecule has 0 radical (unpaired) electrons. The number of para-hydroxylation sites is 1. The average molecular weight is 532 g/mol. The van der Waals surface area contributed by atoms with Gasteiger partial charge in [0.2, 0.25) is 10.0 Å². The predicted molar refractivity (Wildman–Crippen MR) is 139 cm³/mol. The zero-order valence-corrected chi connectivity index (χ0v) is 22.1. The van der Waals surface area contributed by atoms with Crippen molar-refractivity contribution in [2.45, 2.75) is 31.3 Å². The minimum atomic E-state index is -3.61. The Morgan fingerprint density at radius 1 is 1.08 bits per heavy atom. The summed E-state index contributed by atoms with van der Waals surface area (Å²) in [6.07, 6.45) is 0. The number of methoxy groups -OCH3 is 1. The van der Waals surface area contributed by atoms with Crippen LogP contribution in [-0.2, 0) is 26.1 Å². The van der Waals surface area contributed by atoms with E-state index in [1.54, 1.807) is 18.2 Å². The Morgan fingerprint density at radius 3 is 2.47 bits per heavy atom. The van der Waals surface area contributed by atoms with Crippen molar-refractivity contribution in [3.63, 3.8) is 0 Å². The number of nitrogens with one attached hydrogen (secondary N) is 1. The van der Waals surface area contributed by atoms with Crippen LogP contribution in [-0.4, -0.2) is 72.9 Å². The van der Waals surface area contributed by atoms with Crippen LogP contribution in [0.1, 0.15) is 19.7 Å². The quantitative estimate of drug-likeness (QED) is 0.441. The molecule has 9 nitrogen and oxygen atoms in total. The summed E-state index contributed by atoms with van der Waals surface area (Å²) in [6.45, 7) is 6.11. The Morgan fingerprint density at radius 2 is 1.81 bits per heavy atom. The summed E-state index contributed by atoms with van der Waals surface area (Å²) < 4.78 is 32.5. The van der Waals surface area contributed by atoms with Crippen LogP contribution in [0.4, 0.5) is 5.82 Å². The highest BCUT2D eigenvalue weighted by atomic mass is 35.5. The predicted octanol–water partition coefficient (Wildman–Crippen LogP) is 3.40. The van der Waals surface area contributed by atoms with Gasteiger partial charge >= 0.3 is 5.97 Å². The zero-order chi connectivity index (χ0) is 25.9. The fraction of sp³-hybridized carbons (Fsp3) is 0.400. The second-order valence-corrected chi connectivity index (χ2v) is 11.4. The lowest BCUT2D eigenvalue weighted by Gasteiger charge is -2.33. The van der Waals surface area contributed by atoms with E-state index in [1.807, 2.05) is 38.1 Å². The molecule has 2 heterocycles. The first kappa shape index (κ1) is 26.3. The van der Waals surface area contributed by atoms with Crippen molar-refractivity contribution in [3.8, 4) is 0 Å². The Kier molecular flexibility index (Phi) is 8.09. The maximum Gasteiger partial charge on any atom is 0.328 e. The first-order valence-electron chi connectivity index (χ1n) is 11.8. The summed E-state index contributed by atoms with van der Waals surface area (Å²) in [4.78, 5) is 24.1. The first-order chi connectivity index (χ1) is 17.2. The number of halogens is 1. The molecule has 3 aromatic rings. The summed E-state index contributed by atoms with van der Waals surface area (Å²) in [7, 11) is -2.24. The van der Waals surface area contributed by atoms with E-state index < -0.39 is 16.1 Å². The van der Waals surface area contributed by atoms with Crippen molar-refractivity contribution >= 4 is 44.3 Å². The van der Waals surface area contributed by atoms with Crippen LogP contribution in [0.3, 0.4) is 0 Å². The molecule has 0 amide bonds.